The first kappa shape index (κ1) is 21.4. The number of methoxy groups -OCH3 is 2. The molecule has 1 aliphatic rings. The van der Waals surface area contributed by atoms with Crippen LogP contribution in [0, 0.1) is 0 Å². The van der Waals surface area contributed by atoms with E-state index >= 15 is 0 Å². The molecule has 9 nitrogen and oxygen atoms in total. The van der Waals surface area contributed by atoms with Gasteiger partial charge in [0.2, 0.25) is 5.91 Å². The molecule has 32 heavy (non-hydrogen) atoms. The van der Waals surface area contributed by atoms with E-state index in [1.807, 2.05) is 24.3 Å². The average molecular weight is 435 g/mol. The second kappa shape index (κ2) is 9.51. The van der Waals surface area contributed by atoms with Gasteiger partial charge in [-0.3, -0.25) is 19.7 Å². The Hall–Kier alpha value is -3.88. The number of H-pyrrole nitrogens is 1. The number of ether oxygens (including phenoxy) is 2. The van der Waals surface area contributed by atoms with Crippen molar-refractivity contribution in [3.8, 4) is 11.5 Å². The zero-order valence-electron chi connectivity index (χ0n) is 18.1. The fourth-order valence-corrected chi connectivity index (χ4v) is 3.73. The monoisotopic (exact) mass is 435 g/mol. The van der Waals surface area contributed by atoms with Crippen molar-refractivity contribution in [1.29, 1.82) is 0 Å². The van der Waals surface area contributed by atoms with Crippen LogP contribution in [0.25, 0.3) is 0 Å². The van der Waals surface area contributed by atoms with Gasteiger partial charge in [-0.1, -0.05) is 12.1 Å². The van der Waals surface area contributed by atoms with Crippen LogP contribution in [0.15, 0.2) is 42.6 Å². The normalized spacial score (nSPS) is 12.8. The second-order valence-corrected chi connectivity index (χ2v) is 7.46. The molecule has 0 bridgehead atoms. The zero-order chi connectivity index (χ0) is 22.5. The Balaban J connectivity index is 1.42. The Morgan fingerprint density at radius 2 is 2.00 bits per heavy atom. The number of aromatic nitrogens is 3. The topological polar surface area (TPSA) is 109 Å². The molecule has 0 saturated carbocycles. The largest absolute Gasteiger partial charge is 0.493 e. The molecule has 166 valence electrons. The number of carbonyl (C=O) groups excluding carboxylic acids is 2. The molecular weight excluding hydrogens is 410 g/mol. The number of nitrogens with zero attached hydrogens (tertiary/aromatic N) is 3. The molecule has 2 aromatic heterocycles. The molecule has 1 aromatic carbocycles. The van der Waals surface area contributed by atoms with Gasteiger partial charge in [0.25, 0.3) is 5.91 Å². The predicted molar refractivity (Wildman–Crippen MR) is 116 cm³/mol. The smallest absolute Gasteiger partial charge is 0.272 e. The quantitative estimate of drug-likeness (QED) is 0.587. The molecule has 0 radical (unpaired) electrons. The van der Waals surface area contributed by atoms with Crippen molar-refractivity contribution in [3.63, 3.8) is 0 Å². The minimum atomic E-state index is -0.289. The standard InChI is InChI=1S/C23H25N5O4/c1-31-19-7-6-15(11-20(19)32-2)12-21(29)28-10-8-18-17(14-28)22(27-26-18)23(30)25-13-16-5-3-4-9-24-16/h3-7,9,11H,8,10,12-14H2,1-2H3,(H,25,30)(H,26,27). The third kappa shape index (κ3) is 4.56. The summed E-state index contributed by atoms with van der Waals surface area (Å²) < 4.78 is 10.6. The second-order valence-electron chi connectivity index (χ2n) is 7.46. The van der Waals surface area contributed by atoms with Gasteiger partial charge in [0.05, 0.1) is 32.9 Å². The molecule has 4 rings (SSSR count). The van der Waals surface area contributed by atoms with Gasteiger partial charge in [-0.2, -0.15) is 5.10 Å². The Kier molecular flexibility index (Phi) is 6.34. The third-order valence-electron chi connectivity index (χ3n) is 5.46. The predicted octanol–water partition coefficient (Wildman–Crippen LogP) is 1.88. The van der Waals surface area contributed by atoms with Gasteiger partial charge in [-0.05, 0) is 29.8 Å². The highest BCUT2D eigenvalue weighted by molar-refractivity contribution is 5.94. The average Bonchev–Trinajstić information content (AvgIpc) is 3.26. The summed E-state index contributed by atoms with van der Waals surface area (Å²) in [6, 6.07) is 11.0. The maximum atomic E-state index is 13.0. The molecule has 0 atom stereocenters. The summed E-state index contributed by atoms with van der Waals surface area (Å²) in [6.45, 7) is 1.21. The van der Waals surface area contributed by atoms with Crippen LogP contribution in [0.3, 0.4) is 0 Å². The van der Waals surface area contributed by atoms with Crippen molar-refractivity contribution >= 4 is 11.8 Å². The van der Waals surface area contributed by atoms with Crippen LogP contribution >= 0.6 is 0 Å². The van der Waals surface area contributed by atoms with Crippen molar-refractivity contribution in [2.24, 2.45) is 0 Å². The SMILES string of the molecule is COc1ccc(CC(=O)N2CCc3[nH]nc(C(=O)NCc4ccccn4)c3C2)cc1OC. The zero-order valence-corrected chi connectivity index (χ0v) is 18.1. The van der Waals surface area contributed by atoms with Gasteiger partial charge in [-0.15, -0.1) is 0 Å². The Morgan fingerprint density at radius 1 is 1.16 bits per heavy atom. The molecular formula is C23H25N5O4. The van der Waals surface area contributed by atoms with Gasteiger partial charge < -0.3 is 19.7 Å². The van der Waals surface area contributed by atoms with E-state index in [2.05, 4.69) is 20.5 Å². The molecule has 3 aromatic rings. The van der Waals surface area contributed by atoms with Gasteiger partial charge in [0.1, 0.15) is 0 Å². The summed E-state index contributed by atoms with van der Waals surface area (Å²) in [5, 5.41) is 10.00. The summed E-state index contributed by atoms with van der Waals surface area (Å²) in [4.78, 5) is 31.6. The molecule has 3 heterocycles. The van der Waals surface area contributed by atoms with Gasteiger partial charge >= 0.3 is 0 Å². The first-order chi connectivity index (χ1) is 15.6. The van der Waals surface area contributed by atoms with E-state index < -0.39 is 0 Å². The van der Waals surface area contributed by atoms with Crippen LogP contribution in [0.5, 0.6) is 11.5 Å². The first-order valence-corrected chi connectivity index (χ1v) is 10.3. The van der Waals surface area contributed by atoms with E-state index in [1.165, 1.54) is 0 Å². The fraction of sp³-hybridized carbons (Fsp3) is 0.304. The number of pyridine rings is 1. The van der Waals surface area contributed by atoms with E-state index in [9.17, 15) is 9.59 Å². The van der Waals surface area contributed by atoms with Crippen molar-refractivity contribution in [2.45, 2.75) is 25.9 Å². The minimum Gasteiger partial charge on any atom is -0.493 e. The number of aromatic amines is 1. The molecule has 0 saturated heterocycles. The Bertz CT molecular complexity index is 1110. The number of benzene rings is 1. The molecule has 9 heteroatoms. The van der Waals surface area contributed by atoms with Gasteiger partial charge in [-0.25, -0.2) is 0 Å². The lowest BCUT2D eigenvalue weighted by atomic mass is 10.0. The molecule has 0 aliphatic carbocycles. The summed E-state index contributed by atoms with van der Waals surface area (Å²) in [6.07, 6.45) is 2.53. The molecule has 0 fully saturated rings. The number of fused-ring (bicyclic) bond motifs is 1. The number of hydrogen-bond acceptors (Lipinski definition) is 6. The molecule has 0 unspecified atom stereocenters. The van der Waals surface area contributed by atoms with E-state index in [1.54, 1.807) is 37.4 Å². The Labute approximate surface area is 185 Å². The van der Waals surface area contributed by atoms with Crippen LogP contribution in [0.2, 0.25) is 0 Å². The molecule has 0 spiro atoms. The lowest BCUT2D eigenvalue weighted by molar-refractivity contribution is -0.131. The summed E-state index contributed by atoms with van der Waals surface area (Å²) in [5.41, 5.74) is 3.56. The third-order valence-corrected chi connectivity index (χ3v) is 5.46. The highest BCUT2D eigenvalue weighted by atomic mass is 16.5. The molecule has 2 amide bonds. The summed E-state index contributed by atoms with van der Waals surface area (Å²) in [5.74, 6) is 0.887. The molecule has 1 aliphatic heterocycles. The fourth-order valence-electron chi connectivity index (χ4n) is 3.73. The number of nitrogens with one attached hydrogen (secondary N) is 2. The van der Waals surface area contributed by atoms with E-state index in [4.69, 9.17) is 9.47 Å². The van der Waals surface area contributed by atoms with Crippen molar-refractivity contribution in [1.82, 2.24) is 25.4 Å². The molecule has 2 N–H and O–H groups in total. The first-order valence-electron chi connectivity index (χ1n) is 10.3. The number of rotatable bonds is 7. The van der Waals surface area contributed by atoms with Crippen LogP contribution in [0.4, 0.5) is 0 Å². The lowest BCUT2D eigenvalue weighted by Gasteiger charge is -2.27. The highest BCUT2D eigenvalue weighted by Gasteiger charge is 2.28. The van der Waals surface area contributed by atoms with Crippen molar-refractivity contribution < 1.29 is 19.1 Å². The van der Waals surface area contributed by atoms with E-state index in [-0.39, 0.29) is 18.2 Å². The summed E-state index contributed by atoms with van der Waals surface area (Å²) in [7, 11) is 3.14. The number of hydrogen-bond donors (Lipinski definition) is 2. The minimum absolute atomic E-state index is 0.0242. The van der Waals surface area contributed by atoms with Crippen molar-refractivity contribution in [2.75, 3.05) is 20.8 Å². The maximum absolute atomic E-state index is 13.0. The van der Waals surface area contributed by atoms with Crippen LogP contribution < -0.4 is 14.8 Å². The van der Waals surface area contributed by atoms with Gasteiger partial charge in [0, 0.05) is 37.0 Å². The maximum Gasteiger partial charge on any atom is 0.272 e. The van der Waals surface area contributed by atoms with E-state index in [0.29, 0.717) is 43.2 Å². The van der Waals surface area contributed by atoms with Crippen LogP contribution in [0.1, 0.15) is 33.0 Å². The number of carbonyl (C=O) groups is 2. The Morgan fingerprint density at radius 3 is 2.75 bits per heavy atom. The lowest BCUT2D eigenvalue weighted by Crippen LogP contribution is -2.37. The van der Waals surface area contributed by atoms with Crippen LogP contribution in [-0.2, 0) is 30.7 Å². The number of amides is 2. The summed E-state index contributed by atoms with van der Waals surface area (Å²) >= 11 is 0. The van der Waals surface area contributed by atoms with E-state index in [0.717, 1.165) is 22.5 Å². The van der Waals surface area contributed by atoms with Crippen LogP contribution in [-0.4, -0.2) is 52.7 Å². The highest BCUT2D eigenvalue weighted by Crippen LogP contribution is 2.28. The van der Waals surface area contributed by atoms with Crippen molar-refractivity contribution in [3.05, 3.63) is 70.8 Å². The van der Waals surface area contributed by atoms with Gasteiger partial charge in [0.15, 0.2) is 17.2 Å².